The number of hydrazine groups is 1. The van der Waals surface area contributed by atoms with E-state index in [0.29, 0.717) is 10.6 Å². The van der Waals surface area contributed by atoms with Crippen LogP contribution in [0.4, 0.5) is 4.39 Å². The Hall–Kier alpha value is -1.50. The van der Waals surface area contributed by atoms with Crippen molar-refractivity contribution in [1.82, 2.24) is 15.4 Å². The highest BCUT2D eigenvalue weighted by molar-refractivity contribution is 7.99. The van der Waals surface area contributed by atoms with Gasteiger partial charge in [-0.2, -0.15) is 0 Å². The molecule has 3 N–H and O–H groups in total. The lowest BCUT2D eigenvalue weighted by Crippen LogP contribution is -2.29. The van der Waals surface area contributed by atoms with E-state index in [1.165, 1.54) is 24.2 Å². The molecule has 1 unspecified atom stereocenters. The van der Waals surface area contributed by atoms with Gasteiger partial charge in [0.1, 0.15) is 12.1 Å². The number of thioether (sulfide) groups is 1. The largest absolute Gasteiger partial charge is 0.271 e. The molecule has 1 atom stereocenters. The van der Waals surface area contributed by atoms with E-state index >= 15 is 0 Å². The predicted molar refractivity (Wildman–Crippen MR) is 69.2 cm³/mol. The van der Waals surface area contributed by atoms with Crippen LogP contribution in [0.15, 0.2) is 47.9 Å². The fourth-order valence-electron chi connectivity index (χ4n) is 1.47. The molecule has 0 aliphatic heterocycles. The van der Waals surface area contributed by atoms with Crippen LogP contribution in [0, 0.1) is 5.82 Å². The first-order valence-electron chi connectivity index (χ1n) is 5.39. The van der Waals surface area contributed by atoms with Gasteiger partial charge in [-0.3, -0.25) is 11.3 Å². The van der Waals surface area contributed by atoms with Crippen molar-refractivity contribution in [2.45, 2.75) is 10.9 Å². The van der Waals surface area contributed by atoms with Gasteiger partial charge in [-0.25, -0.2) is 14.4 Å². The molecule has 0 saturated heterocycles. The van der Waals surface area contributed by atoms with Crippen LogP contribution < -0.4 is 11.3 Å². The molecule has 0 spiro atoms. The number of hydrogen-bond donors (Lipinski definition) is 2. The molecule has 0 fully saturated rings. The van der Waals surface area contributed by atoms with E-state index in [1.807, 2.05) is 6.07 Å². The second kappa shape index (κ2) is 6.44. The Morgan fingerprint density at radius 2 is 2.00 bits per heavy atom. The van der Waals surface area contributed by atoms with Crippen molar-refractivity contribution in [3.05, 3.63) is 54.4 Å². The van der Waals surface area contributed by atoms with Gasteiger partial charge in [-0.1, -0.05) is 12.1 Å². The van der Waals surface area contributed by atoms with Crippen LogP contribution in [0.25, 0.3) is 0 Å². The number of nitrogens with zero attached hydrogens (tertiary/aromatic N) is 2. The summed E-state index contributed by atoms with van der Waals surface area (Å²) in [5.74, 6) is 5.88. The fourth-order valence-corrected chi connectivity index (χ4v) is 2.48. The Balaban J connectivity index is 2.02. The van der Waals surface area contributed by atoms with Crippen molar-refractivity contribution < 1.29 is 4.39 Å². The van der Waals surface area contributed by atoms with E-state index in [9.17, 15) is 4.39 Å². The van der Waals surface area contributed by atoms with Gasteiger partial charge in [0.15, 0.2) is 0 Å². The minimum atomic E-state index is -0.220. The normalized spacial score (nSPS) is 12.3. The van der Waals surface area contributed by atoms with E-state index in [-0.39, 0.29) is 11.9 Å². The number of nitrogens with two attached hydrogens (primary N) is 1. The molecule has 94 valence electrons. The van der Waals surface area contributed by atoms with Crippen LogP contribution in [0.5, 0.6) is 0 Å². The van der Waals surface area contributed by atoms with Crippen LogP contribution >= 0.6 is 11.8 Å². The Morgan fingerprint density at radius 1 is 1.28 bits per heavy atom. The molecule has 0 bridgehead atoms. The van der Waals surface area contributed by atoms with Crippen molar-refractivity contribution in [1.29, 1.82) is 0 Å². The first-order valence-corrected chi connectivity index (χ1v) is 6.38. The summed E-state index contributed by atoms with van der Waals surface area (Å²) in [5.41, 5.74) is 3.56. The first-order chi connectivity index (χ1) is 8.81. The van der Waals surface area contributed by atoms with E-state index in [0.717, 1.165) is 5.56 Å². The summed E-state index contributed by atoms with van der Waals surface area (Å²) in [6, 6.07) is 6.55. The van der Waals surface area contributed by atoms with Gasteiger partial charge >= 0.3 is 0 Å². The van der Waals surface area contributed by atoms with Crippen LogP contribution in [0.2, 0.25) is 0 Å². The van der Waals surface area contributed by atoms with Gasteiger partial charge < -0.3 is 0 Å². The standard InChI is InChI=1S/C12H13FN4S/c13-10-3-1-2-4-12(10)18-7-11(17-14)9-5-15-8-16-6-9/h1-6,8,11,17H,7,14H2. The van der Waals surface area contributed by atoms with Gasteiger partial charge in [0.05, 0.1) is 6.04 Å². The zero-order valence-electron chi connectivity index (χ0n) is 9.58. The number of rotatable bonds is 5. The van der Waals surface area contributed by atoms with Crippen molar-refractivity contribution >= 4 is 11.8 Å². The minimum absolute atomic E-state index is 0.115. The van der Waals surface area contributed by atoms with E-state index in [4.69, 9.17) is 5.84 Å². The van der Waals surface area contributed by atoms with E-state index < -0.39 is 0 Å². The number of nitrogens with one attached hydrogen (secondary N) is 1. The second-order valence-electron chi connectivity index (χ2n) is 3.63. The summed E-state index contributed by atoms with van der Waals surface area (Å²) in [6.07, 6.45) is 4.85. The van der Waals surface area contributed by atoms with Gasteiger partial charge in [0, 0.05) is 28.6 Å². The summed E-state index contributed by atoms with van der Waals surface area (Å²) in [6.45, 7) is 0. The van der Waals surface area contributed by atoms with Gasteiger partial charge in [0.2, 0.25) is 0 Å². The summed E-state index contributed by atoms with van der Waals surface area (Å²) >= 11 is 1.40. The molecule has 0 saturated carbocycles. The number of hydrogen-bond acceptors (Lipinski definition) is 5. The molecule has 0 aliphatic carbocycles. The molecule has 2 rings (SSSR count). The highest BCUT2D eigenvalue weighted by Crippen LogP contribution is 2.25. The predicted octanol–water partition coefficient (Wildman–Crippen LogP) is 1.91. The van der Waals surface area contributed by atoms with Crippen molar-refractivity contribution in [3.63, 3.8) is 0 Å². The lowest BCUT2D eigenvalue weighted by molar-refractivity contribution is 0.595. The monoisotopic (exact) mass is 264 g/mol. The highest BCUT2D eigenvalue weighted by atomic mass is 32.2. The number of aromatic nitrogens is 2. The van der Waals surface area contributed by atoms with Gasteiger partial charge in [0.25, 0.3) is 0 Å². The summed E-state index contributed by atoms with van der Waals surface area (Å²) < 4.78 is 13.4. The molecular formula is C12H13FN4S. The molecule has 1 aromatic carbocycles. The Morgan fingerprint density at radius 3 is 2.67 bits per heavy atom. The molecule has 0 aliphatic rings. The Bertz CT molecular complexity index is 494. The average molecular weight is 264 g/mol. The van der Waals surface area contributed by atoms with Gasteiger partial charge in [-0.05, 0) is 12.1 Å². The molecule has 2 aromatic rings. The maximum atomic E-state index is 13.4. The van der Waals surface area contributed by atoms with Crippen LogP contribution in [0.3, 0.4) is 0 Å². The lowest BCUT2D eigenvalue weighted by atomic mass is 10.2. The van der Waals surface area contributed by atoms with Crippen molar-refractivity contribution in [2.24, 2.45) is 5.84 Å². The summed E-state index contributed by atoms with van der Waals surface area (Å²) in [5, 5.41) is 0. The smallest absolute Gasteiger partial charge is 0.136 e. The highest BCUT2D eigenvalue weighted by Gasteiger charge is 2.11. The molecule has 4 nitrogen and oxygen atoms in total. The zero-order chi connectivity index (χ0) is 12.8. The molecule has 6 heteroatoms. The van der Waals surface area contributed by atoms with Crippen molar-refractivity contribution in [2.75, 3.05) is 5.75 Å². The third-order valence-corrected chi connectivity index (χ3v) is 3.57. The molecule has 1 aromatic heterocycles. The number of benzene rings is 1. The second-order valence-corrected chi connectivity index (χ2v) is 4.69. The fraction of sp³-hybridized carbons (Fsp3) is 0.167. The SMILES string of the molecule is NNC(CSc1ccccc1F)c1cncnc1. The average Bonchev–Trinajstić information content (AvgIpc) is 2.42. The zero-order valence-corrected chi connectivity index (χ0v) is 10.4. The van der Waals surface area contributed by atoms with Crippen LogP contribution in [-0.4, -0.2) is 15.7 Å². The Labute approximate surface area is 109 Å². The lowest BCUT2D eigenvalue weighted by Gasteiger charge is -2.15. The maximum Gasteiger partial charge on any atom is 0.136 e. The quantitative estimate of drug-likeness (QED) is 0.490. The number of halogens is 1. The van der Waals surface area contributed by atoms with Gasteiger partial charge in [-0.15, -0.1) is 11.8 Å². The third-order valence-electron chi connectivity index (χ3n) is 2.43. The molecule has 0 radical (unpaired) electrons. The molecule has 0 amide bonds. The topological polar surface area (TPSA) is 63.8 Å². The Kier molecular flexibility index (Phi) is 4.63. The third kappa shape index (κ3) is 3.25. The summed E-state index contributed by atoms with van der Waals surface area (Å²) in [4.78, 5) is 8.48. The van der Waals surface area contributed by atoms with E-state index in [2.05, 4.69) is 15.4 Å². The molecule has 1 heterocycles. The molecule has 18 heavy (non-hydrogen) atoms. The van der Waals surface area contributed by atoms with Crippen LogP contribution in [-0.2, 0) is 0 Å². The summed E-state index contributed by atoms with van der Waals surface area (Å²) in [7, 11) is 0. The first kappa shape index (κ1) is 12.9. The van der Waals surface area contributed by atoms with E-state index in [1.54, 1.807) is 24.5 Å². The molecular weight excluding hydrogens is 251 g/mol. The minimum Gasteiger partial charge on any atom is -0.271 e. The van der Waals surface area contributed by atoms with Crippen molar-refractivity contribution in [3.8, 4) is 0 Å². The van der Waals surface area contributed by atoms with Crippen LogP contribution in [0.1, 0.15) is 11.6 Å². The maximum absolute atomic E-state index is 13.4.